The van der Waals surface area contributed by atoms with Crippen molar-refractivity contribution in [3.05, 3.63) is 101 Å². The molecule has 0 saturated carbocycles. The molecule has 0 aliphatic rings. The van der Waals surface area contributed by atoms with Gasteiger partial charge in [0, 0.05) is 11.3 Å². The van der Waals surface area contributed by atoms with Gasteiger partial charge in [0.15, 0.2) is 0 Å². The van der Waals surface area contributed by atoms with Gasteiger partial charge in [-0.05, 0) is 42.5 Å². The van der Waals surface area contributed by atoms with Crippen molar-refractivity contribution < 1.29 is 14.3 Å². The highest BCUT2D eigenvalue weighted by molar-refractivity contribution is 5.96. The maximum atomic E-state index is 13.1. The molecule has 4 heteroatoms. The van der Waals surface area contributed by atoms with Gasteiger partial charge < -0.3 is 10.1 Å². The average molecular weight is 402 g/mol. The summed E-state index contributed by atoms with van der Waals surface area (Å²) < 4.78 is 5.68. The van der Waals surface area contributed by atoms with Crippen molar-refractivity contribution in [3.8, 4) is 0 Å². The second-order valence-corrected chi connectivity index (χ2v) is 7.60. The Bertz CT molecular complexity index is 999. The Morgan fingerprint density at radius 3 is 2.10 bits per heavy atom. The normalized spacial score (nSPS) is 12.6. The van der Waals surface area contributed by atoms with Gasteiger partial charge >= 0.3 is 5.97 Å². The summed E-state index contributed by atoms with van der Waals surface area (Å²) in [6.45, 7) is 5.87. The van der Waals surface area contributed by atoms with E-state index in [2.05, 4.69) is 5.32 Å². The van der Waals surface area contributed by atoms with Crippen LogP contribution in [0, 0.1) is 13.8 Å². The molecule has 0 aliphatic carbocycles. The fourth-order valence-electron chi connectivity index (χ4n) is 3.30. The fourth-order valence-corrected chi connectivity index (χ4v) is 3.30. The fraction of sp³-hybridized carbons (Fsp3) is 0.231. The summed E-state index contributed by atoms with van der Waals surface area (Å²) in [5.41, 5.74) is 4.41. The minimum absolute atomic E-state index is 0.00259. The quantitative estimate of drug-likeness (QED) is 0.515. The number of benzene rings is 3. The first-order valence-corrected chi connectivity index (χ1v) is 10.1. The molecule has 0 aliphatic heterocycles. The summed E-state index contributed by atoms with van der Waals surface area (Å²) in [6.07, 6.45) is -0.814. The zero-order valence-electron chi connectivity index (χ0n) is 17.6. The number of carbonyl (C=O) groups is 2. The number of amides is 1. The number of rotatable bonds is 7. The van der Waals surface area contributed by atoms with Crippen LogP contribution < -0.4 is 5.32 Å². The zero-order valence-corrected chi connectivity index (χ0v) is 17.6. The number of aryl methyl sites for hydroxylation is 2. The van der Waals surface area contributed by atoms with Gasteiger partial charge in [-0.25, -0.2) is 0 Å². The summed E-state index contributed by atoms with van der Waals surface area (Å²) in [4.78, 5) is 25.8. The van der Waals surface area contributed by atoms with Crippen molar-refractivity contribution in [3.63, 3.8) is 0 Å². The molecule has 0 heterocycles. The van der Waals surface area contributed by atoms with Gasteiger partial charge in [-0.2, -0.15) is 0 Å². The molecular formula is C26H27NO3. The lowest BCUT2D eigenvalue weighted by Crippen LogP contribution is -2.26. The largest absolute Gasteiger partial charge is 0.447 e. The van der Waals surface area contributed by atoms with Crippen LogP contribution in [0.4, 0.5) is 5.69 Å². The number of anilines is 1. The molecule has 1 amide bonds. The Hall–Kier alpha value is -3.40. The summed E-state index contributed by atoms with van der Waals surface area (Å²) in [6, 6.07) is 24.8. The van der Waals surface area contributed by atoms with Crippen molar-refractivity contribution in [1.82, 2.24) is 0 Å². The molecule has 0 saturated heterocycles. The van der Waals surface area contributed by atoms with Gasteiger partial charge in [0.25, 0.3) is 5.91 Å². The Morgan fingerprint density at radius 1 is 0.867 bits per heavy atom. The van der Waals surface area contributed by atoms with Crippen LogP contribution in [-0.4, -0.2) is 11.9 Å². The molecule has 154 valence electrons. The Balaban J connectivity index is 1.76. The Labute approximate surface area is 177 Å². The van der Waals surface area contributed by atoms with Crippen LogP contribution in [0.25, 0.3) is 0 Å². The van der Waals surface area contributed by atoms with Crippen molar-refractivity contribution in [2.24, 2.45) is 0 Å². The van der Waals surface area contributed by atoms with Crippen molar-refractivity contribution in [1.29, 1.82) is 0 Å². The molecule has 0 spiro atoms. The number of hydrogen-bond acceptors (Lipinski definition) is 3. The molecule has 1 N–H and O–H groups in total. The lowest BCUT2D eigenvalue weighted by molar-refractivity contribution is -0.155. The highest BCUT2D eigenvalue weighted by atomic mass is 16.5. The van der Waals surface area contributed by atoms with Crippen molar-refractivity contribution in [2.75, 3.05) is 5.32 Å². The monoisotopic (exact) mass is 401 g/mol. The average Bonchev–Trinajstić information content (AvgIpc) is 2.75. The van der Waals surface area contributed by atoms with E-state index < -0.39 is 12.1 Å². The molecule has 3 aromatic carbocycles. The molecule has 0 radical (unpaired) electrons. The standard InChI is InChI=1S/C26H27NO3/c1-18-14-15-19(2)23(16-18)27-26(29)25(22-12-8-5-9-13-22)30-24(28)17-20(3)21-10-6-4-7-11-21/h4-16,20,25H,17H2,1-3H3,(H,27,29)/t20-,25+/m1/s1. The van der Waals surface area contributed by atoms with Crippen LogP contribution in [0.15, 0.2) is 78.9 Å². The minimum atomic E-state index is -1.01. The maximum absolute atomic E-state index is 13.1. The van der Waals surface area contributed by atoms with E-state index in [0.29, 0.717) is 5.56 Å². The highest BCUT2D eigenvalue weighted by Crippen LogP contribution is 2.25. The predicted octanol–water partition coefficient (Wildman–Crippen LogP) is 5.72. The van der Waals surface area contributed by atoms with E-state index in [-0.39, 0.29) is 18.2 Å². The number of hydrogen-bond donors (Lipinski definition) is 1. The summed E-state index contributed by atoms with van der Waals surface area (Å²) in [7, 11) is 0. The summed E-state index contributed by atoms with van der Waals surface area (Å²) >= 11 is 0. The van der Waals surface area contributed by atoms with E-state index in [9.17, 15) is 9.59 Å². The third-order valence-electron chi connectivity index (χ3n) is 5.08. The van der Waals surface area contributed by atoms with Crippen LogP contribution in [0.5, 0.6) is 0 Å². The molecule has 4 nitrogen and oxygen atoms in total. The second kappa shape index (κ2) is 9.88. The first kappa shape index (κ1) is 21.3. The van der Waals surface area contributed by atoms with Crippen LogP contribution in [0.2, 0.25) is 0 Å². The molecule has 0 bridgehead atoms. The van der Waals surface area contributed by atoms with E-state index >= 15 is 0 Å². The molecule has 0 unspecified atom stereocenters. The zero-order chi connectivity index (χ0) is 21.5. The third kappa shape index (κ3) is 5.57. The summed E-state index contributed by atoms with van der Waals surface area (Å²) in [5.74, 6) is -0.774. The molecule has 30 heavy (non-hydrogen) atoms. The van der Waals surface area contributed by atoms with Gasteiger partial charge in [-0.3, -0.25) is 9.59 Å². The van der Waals surface area contributed by atoms with Crippen LogP contribution in [0.3, 0.4) is 0 Å². The van der Waals surface area contributed by atoms with Gasteiger partial charge in [0.2, 0.25) is 6.10 Å². The van der Waals surface area contributed by atoms with Crippen LogP contribution >= 0.6 is 0 Å². The van der Waals surface area contributed by atoms with Crippen molar-refractivity contribution in [2.45, 2.75) is 39.2 Å². The Kier molecular flexibility index (Phi) is 7.02. The topological polar surface area (TPSA) is 55.4 Å². The lowest BCUT2D eigenvalue weighted by Gasteiger charge is -2.20. The lowest BCUT2D eigenvalue weighted by atomic mass is 9.98. The molecule has 3 rings (SSSR count). The number of nitrogens with one attached hydrogen (secondary N) is 1. The smallest absolute Gasteiger partial charge is 0.307 e. The van der Waals surface area contributed by atoms with E-state index in [1.165, 1.54) is 0 Å². The van der Waals surface area contributed by atoms with Gasteiger partial charge in [0.1, 0.15) is 0 Å². The van der Waals surface area contributed by atoms with Gasteiger partial charge in [-0.15, -0.1) is 0 Å². The van der Waals surface area contributed by atoms with Crippen LogP contribution in [-0.2, 0) is 14.3 Å². The maximum Gasteiger partial charge on any atom is 0.307 e. The number of esters is 1. The first-order valence-electron chi connectivity index (χ1n) is 10.1. The number of carbonyl (C=O) groups excluding carboxylic acids is 2. The predicted molar refractivity (Wildman–Crippen MR) is 119 cm³/mol. The Morgan fingerprint density at radius 2 is 1.47 bits per heavy atom. The SMILES string of the molecule is Cc1ccc(C)c(NC(=O)[C@@H](OC(=O)C[C@@H](C)c2ccccc2)c2ccccc2)c1. The van der Waals surface area contributed by atoms with Gasteiger partial charge in [-0.1, -0.05) is 79.7 Å². The van der Waals surface area contributed by atoms with E-state index in [0.717, 1.165) is 22.4 Å². The van der Waals surface area contributed by atoms with Crippen molar-refractivity contribution >= 4 is 17.6 Å². The molecule has 0 aromatic heterocycles. The first-order chi connectivity index (χ1) is 14.4. The van der Waals surface area contributed by atoms with Gasteiger partial charge in [0.05, 0.1) is 6.42 Å². The minimum Gasteiger partial charge on any atom is -0.447 e. The van der Waals surface area contributed by atoms with E-state index in [4.69, 9.17) is 4.74 Å². The van der Waals surface area contributed by atoms with E-state index in [1.807, 2.05) is 87.5 Å². The molecule has 3 aromatic rings. The molecular weight excluding hydrogens is 374 g/mol. The molecule has 2 atom stereocenters. The van der Waals surface area contributed by atoms with Crippen LogP contribution in [0.1, 0.15) is 47.6 Å². The third-order valence-corrected chi connectivity index (χ3v) is 5.08. The van der Waals surface area contributed by atoms with E-state index in [1.54, 1.807) is 12.1 Å². The molecule has 0 fully saturated rings. The number of ether oxygens (including phenoxy) is 1. The second-order valence-electron chi connectivity index (χ2n) is 7.60. The highest BCUT2D eigenvalue weighted by Gasteiger charge is 2.26. The summed E-state index contributed by atoms with van der Waals surface area (Å²) in [5, 5.41) is 2.92.